The Kier molecular flexibility index (Phi) is 29.7. The van der Waals surface area contributed by atoms with Crippen LogP contribution in [0.15, 0.2) is 65.2 Å². The van der Waals surface area contributed by atoms with Crippen molar-refractivity contribution >= 4 is 35.3 Å². The van der Waals surface area contributed by atoms with Gasteiger partial charge in [0.1, 0.15) is 11.5 Å². The van der Waals surface area contributed by atoms with Gasteiger partial charge in [-0.25, -0.2) is 0 Å². The first-order valence-corrected chi connectivity index (χ1v) is 21.1. The number of nitrogens with zero attached hydrogens (tertiary/aromatic N) is 2. The zero-order valence-corrected chi connectivity index (χ0v) is 38.0. The molecule has 1 aromatic rings. The van der Waals surface area contributed by atoms with Crippen LogP contribution in [-0.2, 0) is 28.5 Å². The molecule has 11 nitrogen and oxygen atoms in total. The number of unbranched alkanes of at least 4 members (excludes halogenated alkanes) is 1. The Morgan fingerprint density at radius 2 is 1.67 bits per heavy atom. The van der Waals surface area contributed by atoms with Gasteiger partial charge in [0.05, 0.1) is 56.4 Å². The van der Waals surface area contributed by atoms with E-state index in [1.165, 1.54) is 6.42 Å². The quantitative estimate of drug-likeness (QED) is 0.0525. The normalized spacial score (nSPS) is 16.9. The van der Waals surface area contributed by atoms with Crippen LogP contribution in [0.2, 0.25) is 0 Å². The molecule has 3 heterocycles. The number of benzene rings is 1. The second-order valence-electron chi connectivity index (χ2n) is 14.7. The maximum atomic E-state index is 12.3. The van der Waals surface area contributed by atoms with E-state index in [-0.39, 0.29) is 23.7 Å². The third kappa shape index (κ3) is 24.2. The largest absolute Gasteiger partial charge is 0.494 e. The number of likely N-dealkylation sites (tertiary alicyclic amines) is 1. The van der Waals surface area contributed by atoms with E-state index in [9.17, 15) is 9.59 Å². The average Bonchev–Trinajstić information content (AvgIpc) is 3.16. The minimum absolute atomic E-state index is 0.0365. The molecule has 0 bridgehead atoms. The molecule has 3 saturated heterocycles. The molecule has 1 atom stereocenters. The molecule has 326 valence electrons. The smallest absolute Gasteiger partial charge is 0.239 e. The number of methoxy groups -OCH3 is 1. The highest BCUT2D eigenvalue weighted by Gasteiger charge is 2.41. The van der Waals surface area contributed by atoms with Crippen molar-refractivity contribution in [3.8, 4) is 5.75 Å². The molecule has 1 aromatic carbocycles. The number of ether oxygens (including phenoxy) is 5. The van der Waals surface area contributed by atoms with E-state index in [1.54, 1.807) is 33.4 Å². The molecule has 1 spiro atoms. The average molecular weight is 822 g/mol. The third-order valence-electron chi connectivity index (χ3n) is 9.21. The first-order valence-electron chi connectivity index (χ1n) is 20.7. The second kappa shape index (κ2) is 31.6. The fourth-order valence-electron chi connectivity index (χ4n) is 5.44. The maximum Gasteiger partial charge on any atom is 0.239 e. The van der Waals surface area contributed by atoms with Gasteiger partial charge in [0, 0.05) is 69.1 Å². The molecule has 3 fully saturated rings. The molecule has 3 aliphatic heterocycles. The van der Waals surface area contributed by atoms with Gasteiger partial charge in [-0.3, -0.25) is 14.6 Å². The molecule has 0 aromatic heterocycles. The van der Waals surface area contributed by atoms with E-state index < -0.39 is 0 Å². The molecule has 2 N–H and O–H groups in total. The van der Waals surface area contributed by atoms with Gasteiger partial charge >= 0.3 is 0 Å². The number of amides is 2. The Hall–Kier alpha value is -3.38. The van der Waals surface area contributed by atoms with Crippen LogP contribution in [0.25, 0.3) is 0 Å². The molecule has 0 radical (unpaired) electrons. The van der Waals surface area contributed by atoms with Crippen LogP contribution in [-0.4, -0.2) is 102 Å². The number of carbonyl (C=O) groups excluding carboxylic acids is 2. The first-order chi connectivity index (χ1) is 27.3. The van der Waals surface area contributed by atoms with Crippen molar-refractivity contribution in [3.05, 3.63) is 60.2 Å². The lowest BCUT2D eigenvalue weighted by Crippen LogP contribution is -2.52. The number of alkyl halides is 1. The predicted molar refractivity (Wildman–Crippen MR) is 237 cm³/mol. The number of allylic oxidation sites excluding steroid dienone is 5. The maximum absolute atomic E-state index is 12.3. The lowest BCUT2D eigenvalue weighted by atomic mass is 9.77. The zero-order valence-electron chi connectivity index (χ0n) is 37.3. The minimum atomic E-state index is -0.220. The molecule has 4 rings (SSSR count). The van der Waals surface area contributed by atoms with E-state index in [4.69, 9.17) is 30.5 Å². The van der Waals surface area contributed by atoms with Gasteiger partial charge in [0.2, 0.25) is 11.8 Å². The Balaban J connectivity index is 0.000000862. The van der Waals surface area contributed by atoms with Gasteiger partial charge in [-0.2, -0.15) is 0 Å². The van der Waals surface area contributed by atoms with Crippen molar-refractivity contribution in [2.45, 2.75) is 113 Å². The van der Waals surface area contributed by atoms with Crippen molar-refractivity contribution < 1.29 is 33.3 Å². The van der Waals surface area contributed by atoms with Crippen LogP contribution in [0.3, 0.4) is 0 Å². The summed E-state index contributed by atoms with van der Waals surface area (Å²) in [6.07, 6.45) is 12.1. The van der Waals surface area contributed by atoms with Gasteiger partial charge in [0.15, 0.2) is 0 Å². The van der Waals surface area contributed by atoms with Crippen molar-refractivity contribution in [1.82, 2.24) is 15.5 Å². The van der Waals surface area contributed by atoms with Gasteiger partial charge in [-0.1, -0.05) is 53.7 Å². The highest BCUT2D eigenvalue weighted by molar-refractivity contribution is 6.22. The highest BCUT2D eigenvalue weighted by Crippen LogP contribution is 2.38. The van der Waals surface area contributed by atoms with Crippen LogP contribution in [0.5, 0.6) is 5.75 Å². The second-order valence-corrected chi connectivity index (χ2v) is 15.3. The van der Waals surface area contributed by atoms with Crippen molar-refractivity contribution in [3.63, 3.8) is 0 Å². The van der Waals surface area contributed by atoms with Gasteiger partial charge in [-0.05, 0) is 84.1 Å². The molecule has 0 aliphatic carbocycles. The fourth-order valence-corrected chi connectivity index (χ4v) is 5.59. The molecule has 12 heteroatoms. The molecular formula is C45H77ClN4O7. The fraction of sp³-hybridized carbons (Fsp3) is 0.667. The molecule has 57 heavy (non-hydrogen) atoms. The Morgan fingerprint density at radius 1 is 1.04 bits per heavy atom. The van der Waals surface area contributed by atoms with Crippen LogP contribution in [0.4, 0.5) is 5.69 Å². The van der Waals surface area contributed by atoms with E-state index in [0.29, 0.717) is 41.9 Å². The number of nitrogens with one attached hydrogen (secondary N) is 2. The Bertz CT molecular complexity index is 1340. The summed E-state index contributed by atoms with van der Waals surface area (Å²) in [6, 6.07) is 7.69. The number of halogens is 1. The lowest BCUT2D eigenvalue weighted by molar-refractivity contribution is -0.153. The molecule has 2 amide bonds. The molecular weight excluding hydrogens is 744 g/mol. The first kappa shape index (κ1) is 53.6. The summed E-state index contributed by atoms with van der Waals surface area (Å²) in [5.41, 5.74) is 2.58. The number of hydrogen-bond acceptors (Lipinski definition) is 9. The topological polar surface area (TPSA) is 120 Å². The Labute approximate surface area is 351 Å². The van der Waals surface area contributed by atoms with Crippen LogP contribution < -0.4 is 15.4 Å². The zero-order chi connectivity index (χ0) is 43.1. The van der Waals surface area contributed by atoms with Crippen molar-refractivity contribution in [2.75, 3.05) is 73.4 Å². The number of piperidine rings is 1. The summed E-state index contributed by atoms with van der Waals surface area (Å²) in [4.78, 5) is 30.2. The number of aliphatic imine (C=N–C) groups is 1. The summed E-state index contributed by atoms with van der Waals surface area (Å²) in [7, 11) is 3.25. The summed E-state index contributed by atoms with van der Waals surface area (Å²) >= 11 is 6.09. The number of hydrogen-bond donors (Lipinski definition) is 2. The lowest BCUT2D eigenvalue weighted by Gasteiger charge is -2.47. The SMILES string of the molecule is C=C(C)O/C(C)=C/C=C(/NCC(=O)NCCCC)C(C)Cl.CC.CC=Nc1cccc(OCCCC(=O)N2CCC3(CC2)COC3)c1.CCC1(C)COC1.COC. The van der Waals surface area contributed by atoms with Crippen LogP contribution >= 0.6 is 11.6 Å². The van der Waals surface area contributed by atoms with Crippen LogP contribution in [0, 0.1) is 10.8 Å². The van der Waals surface area contributed by atoms with Crippen molar-refractivity contribution in [1.29, 1.82) is 0 Å². The third-order valence-corrected chi connectivity index (χ3v) is 9.45. The highest BCUT2D eigenvalue weighted by atomic mass is 35.5. The summed E-state index contributed by atoms with van der Waals surface area (Å²) < 4.78 is 25.7. The molecule has 1 unspecified atom stereocenters. The number of carbonyl (C=O) groups is 2. The minimum Gasteiger partial charge on any atom is -0.494 e. The number of rotatable bonds is 17. The summed E-state index contributed by atoms with van der Waals surface area (Å²) in [5.74, 6) is 2.35. The monoisotopic (exact) mass is 821 g/mol. The van der Waals surface area contributed by atoms with E-state index in [2.05, 4.69) is 47.7 Å². The summed E-state index contributed by atoms with van der Waals surface area (Å²) in [5, 5.41) is 5.67. The molecule has 0 saturated carbocycles. The van der Waals surface area contributed by atoms with E-state index in [1.807, 2.05) is 69.9 Å². The van der Waals surface area contributed by atoms with Crippen LogP contribution in [0.1, 0.15) is 107 Å². The van der Waals surface area contributed by atoms with Crippen molar-refractivity contribution in [2.24, 2.45) is 15.8 Å². The van der Waals surface area contributed by atoms with Gasteiger partial charge in [-0.15, -0.1) is 11.6 Å². The van der Waals surface area contributed by atoms with E-state index >= 15 is 0 Å². The van der Waals surface area contributed by atoms with Gasteiger partial charge < -0.3 is 39.2 Å². The van der Waals surface area contributed by atoms with E-state index in [0.717, 1.165) is 88.8 Å². The standard InChI is InChI=1S/C19H26N2O3.C16H27ClN2O2.C6H12O.C2H6O.C2H6/c1-2-20-16-5-3-6-17(13-16)24-12-4-7-18(22)21-10-8-19(9-11-21)14-23-15-19;1-6-7-10-18-16(20)11-19-15(14(5)17)9-8-13(4)21-12(2)3;1-3-6(2)4-7-5-6;1-3-2;1-2/h2-3,5-6,13H,4,7-12,14-15H2,1H3;8-9,14,19H,2,6-7,10-11H2,1,3-5H3,(H,18,20);3-5H2,1-2H3;1-2H3;1-2H3/b;13-8+,15-9+;;;. The Morgan fingerprint density at radius 3 is 2.14 bits per heavy atom. The molecule has 3 aliphatic rings. The predicted octanol–water partition coefficient (Wildman–Crippen LogP) is 9.39. The van der Waals surface area contributed by atoms with Gasteiger partial charge in [0.25, 0.3) is 0 Å². The summed E-state index contributed by atoms with van der Waals surface area (Å²) in [6.45, 7) is 28.5.